The molecule has 0 aliphatic carbocycles. The van der Waals surface area contributed by atoms with Gasteiger partial charge in [-0.1, -0.05) is 22.0 Å². The molecule has 0 aliphatic heterocycles. The van der Waals surface area contributed by atoms with E-state index in [2.05, 4.69) is 26.1 Å². The highest BCUT2D eigenvalue weighted by atomic mass is 79.9. The third-order valence-corrected chi connectivity index (χ3v) is 3.39. The zero-order chi connectivity index (χ0) is 14.5. The van der Waals surface area contributed by atoms with E-state index in [4.69, 9.17) is 4.74 Å². The van der Waals surface area contributed by atoms with Crippen molar-refractivity contribution in [3.05, 3.63) is 47.0 Å². The van der Waals surface area contributed by atoms with Gasteiger partial charge in [-0.3, -0.25) is 0 Å². The second-order valence-corrected chi connectivity index (χ2v) is 4.80. The van der Waals surface area contributed by atoms with Crippen LogP contribution in [0.2, 0.25) is 0 Å². The average Bonchev–Trinajstić information content (AvgIpc) is 2.82. The van der Waals surface area contributed by atoms with E-state index in [1.54, 1.807) is 13.2 Å². The van der Waals surface area contributed by atoms with Crippen LogP contribution in [0.5, 0.6) is 0 Å². The summed E-state index contributed by atoms with van der Waals surface area (Å²) in [6.45, 7) is 1.15. The van der Waals surface area contributed by atoms with Gasteiger partial charge in [0.15, 0.2) is 11.6 Å². The third kappa shape index (κ3) is 3.40. The Morgan fingerprint density at radius 3 is 2.60 bits per heavy atom. The summed E-state index contributed by atoms with van der Waals surface area (Å²) in [5.41, 5.74) is 0.649. The molecule has 0 amide bonds. The van der Waals surface area contributed by atoms with Crippen LogP contribution in [0.25, 0.3) is 0 Å². The molecule has 0 unspecified atom stereocenters. The standard InChI is InChI=1S/C13H14BrF2N3O/c1-20-5-4-19-12(17-18-13(19)8-14)7-9-2-3-10(15)11(16)6-9/h2-3,6H,4-5,7-8H2,1H3. The Kier molecular flexibility index (Phi) is 5.19. The maximum Gasteiger partial charge on any atom is 0.159 e. The Morgan fingerprint density at radius 1 is 1.20 bits per heavy atom. The van der Waals surface area contributed by atoms with Crippen molar-refractivity contribution < 1.29 is 13.5 Å². The van der Waals surface area contributed by atoms with Crippen LogP contribution in [0.15, 0.2) is 18.2 Å². The first kappa shape index (κ1) is 15.1. The molecule has 0 saturated heterocycles. The number of aromatic nitrogens is 3. The first-order valence-corrected chi connectivity index (χ1v) is 7.17. The van der Waals surface area contributed by atoms with Gasteiger partial charge in [-0.25, -0.2) is 8.78 Å². The lowest BCUT2D eigenvalue weighted by Gasteiger charge is -2.09. The van der Waals surface area contributed by atoms with Gasteiger partial charge >= 0.3 is 0 Å². The Balaban J connectivity index is 2.23. The van der Waals surface area contributed by atoms with Gasteiger partial charge < -0.3 is 9.30 Å². The van der Waals surface area contributed by atoms with Crippen molar-refractivity contribution in [3.63, 3.8) is 0 Å². The molecule has 0 fully saturated rings. The van der Waals surface area contributed by atoms with E-state index in [0.717, 1.165) is 11.9 Å². The maximum absolute atomic E-state index is 13.2. The van der Waals surface area contributed by atoms with Gasteiger partial charge in [0.05, 0.1) is 11.9 Å². The highest BCUT2D eigenvalue weighted by Gasteiger charge is 2.12. The molecule has 1 aromatic heterocycles. The van der Waals surface area contributed by atoms with Crippen molar-refractivity contribution in [2.24, 2.45) is 0 Å². The van der Waals surface area contributed by atoms with Crippen LogP contribution in [0.3, 0.4) is 0 Å². The highest BCUT2D eigenvalue weighted by molar-refractivity contribution is 9.08. The van der Waals surface area contributed by atoms with Crippen LogP contribution >= 0.6 is 15.9 Å². The molecule has 4 nitrogen and oxygen atoms in total. The van der Waals surface area contributed by atoms with Gasteiger partial charge in [0.1, 0.15) is 11.6 Å². The molecule has 20 heavy (non-hydrogen) atoms. The van der Waals surface area contributed by atoms with Crippen molar-refractivity contribution in [1.82, 2.24) is 14.8 Å². The van der Waals surface area contributed by atoms with Gasteiger partial charge in [-0.05, 0) is 17.7 Å². The van der Waals surface area contributed by atoms with E-state index < -0.39 is 11.6 Å². The van der Waals surface area contributed by atoms with Crippen LogP contribution in [0, 0.1) is 11.6 Å². The molecule has 7 heteroatoms. The van der Waals surface area contributed by atoms with E-state index in [0.29, 0.717) is 36.3 Å². The van der Waals surface area contributed by atoms with E-state index in [-0.39, 0.29) is 0 Å². The van der Waals surface area contributed by atoms with Gasteiger partial charge in [-0.2, -0.15) is 0 Å². The molecule has 1 heterocycles. The molecule has 1 aromatic carbocycles. The Hall–Kier alpha value is -1.34. The minimum Gasteiger partial charge on any atom is -0.383 e. The quantitative estimate of drug-likeness (QED) is 0.755. The lowest BCUT2D eigenvalue weighted by atomic mass is 10.1. The minimum absolute atomic E-state index is 0.390. The number of hydrogen-bond donors (Lipinski definition) is 0. The predicted octanol–water partition coefficient (Wildman–Crippen LogP) is 2.69. The van der Waals surface area contributed by atoms with Crippen LogP contribution in [0.4, 0.5) is 8.78 Å². The first-order valence-electron chi connectivity index (χ1n) is 6.05. The summed E-state index contributed by atoms with van der Waals surface area (Å²) in [4.78, 5) is 0. The number of hydrogen-bond acceptors (Lipinski definition) is 3. The summed E-state index contributed by atoms with van der Waals surface area (Å²) in [6.07, 6.45) is 0.390. The number of benzene rings is 1. The average molecular weight is 346 g/mol. The van der Waals surface area contributed by atoms with Gasteiger partial charge in [0.25, 0.3) is 0 Å². The third-order valence-electron chi connectivity index (χ3n) is 2.89. The Labute approximate surface area is 123 Å². The van der Waals surface area contributed by atoms with E-state index in [1.807, 2.05) is 4.57 Å². The molecule has 0 atom stereocenters. The molecule has 0 aliphatic rings. The summed E-state index contributed by atoms with van der Waals surface area (Å²) in [7, 11) is 1.62. The van der Waals surface area contributed by atoms with Crippen molar-refractivity contribution in [2.75, 3.05) is 13.7 Å². The fourth-order valence-electron chi connectivity index (χ4n) is 1.87. The molecule has 2 aromatic rings. The van der Waals surface area contributed by atoms with Crippen molar-refractivity contribution in [2.45, 2.75) is 18.3 Å². The fourth-order valence-corrected chi connectivity index (χ4v) is 2.29. The molecule has 108 valence electrons. The second kappa shape index (κ2) is 6.90. The van der Waals surface area contributed by atoms with Crippen molar-refractivity contribution >= 4 is 15.9 Å². The molecule has 0 spiro atoms. The lowest BCUT2D eigenvalue weighted by molar-refractivity contribution is 0.185. The fraction of sp³-hybridized carbons (Fsp3) is 0.385. The van der Waals surface area contributed by atoms with E-state index in [1.165, 1.54) is 6.07 Å². The maximum atomic E-state index is 13.2. The molecule has 0 saturated carbocycles. The van der Waals surface area contributed by atoms with Gasteiger partial charge in [0.2, 0.25) is 0 Å². The van der Waals surface area contributed by atoms with Crippen molar-refractivity contribution in [1.29, 1.82) is 0 Å². The molecular formula is C13H14BrF2N3O. The Morgan fingerprint density at radius 2 is 1.95 bits per heavy atom. The lowest BCUT2D eigenvalue weighted by Crippen LogP contribution is -2.11. The first-order chi connectivity index (χ1) is 9.65. The van der Waals surface area contributed by atoms with Crippen LogP contribution in [-0.4, -0.2) is 28.5 Å². The summed E-state index contributed by atoms with van der Waals surface area (Å²) in [5.74, 6) is -0.232. The Bertz CT molecular complexity index is 589. The molecule has 0 bridgehead atoms. The van der Waals surface area contributed by atoms with E-state index in [9.17, 15) is 8.78 Å². The number of nitrogens with zero attached hydrogens (tertiary/aromatic N) is 3. The number of rotatable bonds is 6. The normalized spacial score (nSPS) is 11.0. The summed E-state index contributed by atoms with van der Waals surface area (Å²) < 4.78 is 33.1. The van der Waals surface area contributed by atoms with Crippen LogP contribution in [0.1, 0.15) is 17.2 Å². The number of halogens is 3. The zero-order valence-corrected chi connectivity index (χ0v) is 12.5. The number of ether oxygens (including phenoxy) is 1. The minimum atomic E-state index is -0.855. The molecule has 2 rings (SSSR count). The topological polar surface area (TPSA) is 39.9 Å². The molecule has 0 radical (unpaired) electrons. The number of methoxy groups -OCH3 is 1. The summed E-state index contributed by atoms with van der Waals surface area (Å²) in [6, 6.07) is 3.84. The van der Waals surface area contributed by atoms with Gasteiger partial charge in [-0.15, -0.1) is 10.2 Å². The summed E-state index contributed by atoms with van der Waals surface area (Å²) in [5, 5.41) is 8.74. The highest BCUT2D eigenvalue weighted by Crippen LogP contribution is 2.14. The smallest absolute Gasteiger partial charge is 0.159 e. The van der Waals surface area contributed by atoms with Crippen LogP contribution < -0.4 is 0 Å². The molecular weight excluding hydrogens is 332 g/mol. The largest absolute Gasteiger partial charge is 0.383 e. The summed E-state index contributed by atoms with van der Waals surface area (Å²) >= 11 is 3.35. The second-order valence-electron chi connectivity index (χ2n) is 4.24. The van der Waals surface area contributed by atoms with Crippen molar-refractivity contribution in [3.8, 4) is 0 Å². The van der Waals surface area contributed by atoms with Crippen LogP contribution in [-0.2, 0) is 23.0 Å². The monoisotopic (exact) mass is 345 g/mol. The SMILES string of the molecule is COCCn1c(CBr)nnc1Cc1ccc(F)c(F)c1. The predicted molar refractivity (Wildman–Crippen MR) is 73.7 cm³/mol. The molecule has 0 N–H and O–H groups in total. The number of alkyl halides is 1. The van der Waals surface area contributed by atoms with Gasteiger partial charge in [0, 0.05) is 20.1 Å². The zero-order valence-electron chi connectivity index (χ0n) is 10.9. The van der Waals surface area contributed by atoms with E-state index >= 15 is 0 Å².